The quantitative estimate of drug-likeness (QED) is 0.0443. The second-order valence-corrected chi connectivity index (χ2v) is 15.0. The fourth-order valence-corrected chi connectivity index (χ4v) is 8.68. The summed E-state index contributed by atoms with van der Waals surface area (Å²) in [6.07, 6.45) is 0. The Morgan fingerprint density at radius 1 is 0.317 bits per heavy atom. The minimum absolute atomic E-state index is 0.0142. The standard InChI is InChI=1S/C45H30BN3O10S/c46-30-31(50)27-28-36(55)37(56)35(54)26(25-33(52)38(57)40(59)39(58)34(25)53)41(28)60-42(27)29(32(30)51)45-48-43(23-15-11-21(12-16-23)19-7-3-1-4-8-19)47-44(49-45)24-17-13-22(14-18-24)20-9-5-2-6-10-20/h1-18,50-59H,46H2. The fraction of sp³-hybridized carbons (Fsp3) is 0. The third-order valence-corrected chi connectivity index (χ3v) is 11.7. The number of thiophene rings is 1. The molecular weight excluding hydrogens is 785 g/mol. The van der Waals surface area contributed by atoms with E-state index in [4.69, 9.17) is 15.0 Å². The summed E-state index contributed by atoms with van der Waals surface area (Å²) in [7, 11) is 1.40. The summed E-state index contributed by atoms with van der Waals surface area (Å²) in [6.45, 7) is 0. The van der Waals surface area contributed by atoms with Crippen molar-refractivity contribution in [3.63, 3.8) is 0 Å². The molecule has 9 rings (SSSR count). The molecule has 0 saturated heterocycles. The molecule has 0 amide bonds. The van der Waals surface area contributed by atoms with Gasteiger partial charge in [0.15, 0.2) is 40.5 Å². The topological polar surface area (TPSA) is 241 Å². The summed E-state index contributed by atoms with van der Waals surface area (Å²) in [6, 6.07) is 34.6. The van der Waals surface area contributed by atoms with Gasteiger partial charge in [0, 0.05) is 16.5 Å². The maximum Gasteiger partial charge on any atom is 0.208 e. The predicted molar refractivity (Wildman–Crippen MR) is 230 cm³/mol. The van der Waals surface area contributed by atoms with Gasteiger partial charge in [0.25, 0.3) is 0 Å². The number of hydrogen-bond acceptors (Lipinski definition) is 14. The van der Waals surface area contributed by atoms with Gasteiger partial charge in [0.05, 0.1) is 31.5 Å². The molecular formula is C45H30BN3O10S. The van der Waals surface area contributed by atoms with E-state index < -0.39 is 68.6 Å². The second-order valence-electron chi connectivity index (χ2n) is 13.9. The van der Waals surface area contributed by atoms with Gasteiger partial charge in [-0.1, -0.05) is 109 Å². The molecule has 0 aliphatic carbocycles. The molecule has 0 radical (unpaired) electrons. The van der Waals surface area contributed by atoms with E-state index in [0.717, 1.165) is 22.3 Å². The molecule has 2 aromatic heterocycles. The first-order chi connectivity index (χ1) is 28.8. The van der Waals surface area contributed by atoms with Crippen molar-refractivity contribution in [1.29, 1.82) is 0 Å². The first kappa shape index (κ1) is 37.4. The summed E-state index contributed by atoms with van der Waals surface area (Å²) in [5.74, 6) is -10.0. The van der Waals surface area contributed by atoms with Crippen LogP contribution in [0.25, 0.3) is 87.7 Å². The van der Waals surface area contributed by atoms with Gasteiger partial charge in [-0.05, 0) is 27.7 Å². The Morgan fingerprint density at radius 3 is 1.15 bits per heavy atom. The van der Waals surface area contributed by atoms with E-state index in [1.165, 1.54) is 7.85 Å². The van der Waals surface area contributed by atoms with Crippen LogP contribution in [-0.4, -0.2) is 73.9 Å². The van der Waals surface area contributed by atoms with Crippen molar-refractivity contribution >= 4 is 44.8 Å². The van der Waals surface area contributed by atoms with Gasteiger partial charge in [-0.15, -0.1) is 11.3 Å². The first-order valence-electron chi connectivity index (χ1n) is 18.2. The Labute approximate surface area is 344 Å². The van der Waals surface area contributed by atoms with Crippen LogP contribution in [0.4, 0.5) is 0 Å². The molecule has 0 aliphatic heterocycles. The molecule has 0 spiro atoms. The van der Waals surface area contributed by atoms with Crippen LogP contribution in [0.15, 0.2) is 109 Å². The van der Waals surface area contributed by atoms with Gasteiger partial charge in [-0.3, -0.25) is 0 Å². The Bertz CT molecular complexity index is 3070. The highest BCUT2D eigenvalue weighted by molar-refractivity contribution is 7.27. The monoisotopic (exact) mass is 815 g/mol. The van der Waals surface area contributed by atoms with E-state index in [1.807, 2.05) is 109 Å². The lowest BCUT2D eigenvalue weighted by Gasteiger charge is -2.16. The molecule has 2 heterocycles. The Balaban J connectivity index is 1.33. The zero-order valence-corrected chi connectivity index (χ0v) is 31.9. The van der Waals surface area contributed by atoms with Crippen molar-refractivity contribution < 1.29 is 51.1 Å². The molecule has 0 bridgehead atoms. The first-order valence-corrected chi connectivity index (χ1v) is 19.0. The van der Waals surface area contributed by atoms with E-state index in [2.05, 4.69) is 0 Å². The lowest BCUT2D eigenvalue weighted by Crippen LogP contribution is -2.07. The molecule has 0 atom stereocenters. The van der Waals surface area contributed by atoms with E-state index in [9.17, 15) is 51.1 Å². The van der Waals surface area contributed by atoms with Crippen LogP contribution in [0.2, 0.25) is 0 Å². The highest BCUT2D eigenvalue weighted by Crippen LogP contribution is 2.63. The Hall–Kier alpha value is -8.17. The van der Waals surface area contributed by atoms with Gasteiger partial charge < -0.3 is 51.1 Å². The maximum atomic E-state index is 11.9. The molecule has 60 heavy (non-hydrogen) atoms. The molecule has 0 fully saturated rings. The van der Waals surface area contributed by atoms with Crippen LogP contribution >= 0.6 is 11.3 Å². The highest BCUT2D eigenvalue weighted by atomic mass is 32.1. The summed E-state index contributed by atoms with van der Waals surface area (Å²) in [5, 5.41) is 109. The minimum atomic E-state index is -1.27. The molecule has 294 valence electrons. The molecule has 10 N–H and O–H groups in total. The lowest BCUT2D eigenvalue weighted by molar-refractivity contribution is 0.329. The average molecular weight is 816 g/mol. The number of fused-ring (bicyclic) bond motifs is 3. The van der Waals surface area contributed by atoms with E-state index >= 15 is 0 Å². The zero-order valence-electron chi connectivity index (χ0n) is 31.1. The largest absolute Gasteiger partial charge is 0.508 e. The van der Waals surface area contributed by atoms with Crippen molar-refractivity contribution in [3.8, 4) is 125 Å². The number of aromatic hydroxyl groups is 10. The lowest BCUT2D eigenvalue weighted by atomic mass is 9.88. The Morgan fingerprint density at radius 2 is 0.667 bits per heavy atom. The van der Waals surface area contributed by atoms with Crippen LogP contribution < -0.4 is 5.46 Å². The summed E-state index contributed by atoms with van der Waals surface area (Å²) < 4.78 is -0.197. The van der Waals surface area contributed by atoms with Crippen molar-refractivity contribution in [2.75, 3.05) is 0 Å². The zero-order chi connectivity index (χ0) is 42.1. The van der Waals surface area contributed by atoms with Gasteiger partial charge in [-0.2, -0.15) is 0 Å². The van der Waals surface area contributed by atoms with Gasteiger partial charge in [-0.25, -0.2) is 15.0 Å². The number of hydrogen-bond donors (Lipinski definition) is 10. The average Bonchev–Trinajstić information content (AvgIpc) is 3.68. The van der Waals surface area contributed by atoms with Gasteiger partial charge >= 0.3 is 0 Å². The fourth-order valence-electron chi connectivity index (χ4n) is 7.28. The van der Waals surface area contributed by atoms with Gasteiger partial charge in [0.1, 0.15) is 19.3 Å². The highest BCUT2D eigenvalue weighted by Gasteiger charge is 2.34. The molecule has 15 heteroatoms. The van der Waals surface area contributed by atoms with Crippen molar-refractivity contribution in [1.82, 2.24) is 15.0 Å². The van der Waals surface area contributed by atoms with Gasteiger partial charge in [0.2, 0.25) is 23.0 Å². The van der Waals surface area contributed by atoms with Crippen LogP contribution in [0.3, 0.4) is 0 Å². The molecule has 9 aromatic rings. The van der Waals surface area contributed by atoms with E-state index in [-0.39, 0.29) is 48.7 Å². The molecule has 0 saturated carbocycles. The van der Waals surface area contributed by atoms with Crippen LogP contribution in [0, 0.1) is 0 Å². The third-order valence-electron chi connectivity index (χ3n) is 10.4. The molecule has 0 aliphatic rings. The van der Waals surface area contributed by atoms with Crippen molar-refractivity contribution in [2.45, 2.75) is 0 Å². The number of phenols is 10. The summed E-state index contributed by atoms with van der Waals surface area (Å²) >= 11 is 0.715. The number of aromatic nitrogens is 3. The molecule has 0 unspecified atom stereocenters. The van der Waals surface area contributed by atoms with Crippen LogP contribution in [-0.2, 0) is 0 Å². The summed E-state index contributed by atoms with van der Waals surface area (Å²) in [4.78, 5) is 14.5. The smallest absolute Gasteiger partial charge is 0.208 e. The number of benzene rings is 7. The SMILES string of the molecule is Bc1c(O)c(-c2nc(-c3ccc(-c4ccccc4)cc3)nc(-c3ccc(-c4ccccc4)cc3)n2)c2sc3c(-c4c(O)c(O)c(O)c(O)c4O)c(O)c(O)c(O)c3c2c1O. The van der Waals surface area contributed by atoms with E-state index in [1.54, 1.807) is 0 Å². The minimum Gasteiger partial charge on any atom is -0.508 e. The van der Waals surface area contributed by atoms with Crippen molar-refractivity contribution in [3.05, 3.63) is 109 Å². The number of rotatable bonds is 6. The summed E-state index contributed by atoms with van der Waals surface area (Å²) in [5.41, 5.74) is 3.48. The van der Waals surface area contributed by atoms with Crippen LogP contribution in [0.5, 0.6) is 57.5 Å². The normalized spacial score (nSPS) is 11.4. The molecule has 13 nitrogen and oxygen atoms in total. The van der Waals surface area contributed by atoms with Crippen LogP contribution in [0.1, 0.15) is 0 Å². The molecule has 7 aromatic carbocycles. The second kappa shape index (κ2) is 14.0. The number of nitrogens with zero attached hydrogens (tertiary/aromatic N) is 3. The predicted octanol–water partition coefficient (Wildman–Crippen LogP) is 7.56. The van der Waals surface area contributed by atoms with Crippen molar-refractivity contribution in [2.24, 2.45) is 0 Å². The van der Waals surface area contributed by atoms with E-state index in [0.29, 0.717) is 22.5 Å². The maximum absolute atomic E-state index is 11.9. The third kappa shape index (κ3) is 5.74. The Kier molecular flexibility index (Phi) is 8.75. The number of phenolic OH excluding ortho intramolecular Hbond substituents is 10.